The molecule has 0 amide bonds. The molecular formula is C14H16N4O. The molecule has 0 atom stereocenters. The standard InChI is InChI=1S/C14H16N4O/c1-9-11(8-16-18(9)3)7-15-12-4-5-14-13(6-12)17-10(2)19-14/h4-6,8,15H,7H2,1-3H3. The lowest BCUT2D eigenvalue weighted by molar-refractivity contribution is 0.561. The summed E-state index contributed by atoms with van der Waals surface area (Å²) < 4.78 is 7.33. The van der Waals surface area contributed by atoms with Crippen molar-refractivity contribution in [2.75, 3.05) is 5.32 Å². The number of benzene rings is 1. The molecule has 0 aliphatic rings. The quantitative estimate of drug-likeness (QED) is 0.783. The fourth-order valence-electron chi connectivity index (χ4n) is 2.07. The first-order valence-corrected chi connectivity index (χ1v) is 6.22. The monoisotopic (exact) mass is 256 g/mol. The van der Waals surface area contributed by atoms with Crippen molar-refractivity contribution in [2.24, 2.45) is 7.05 Å². The van der Waals surface area contributed by atoms with E-state index in [0.717, 1.165) is 23.3 Å². The van der Waals surface area contributed by atoms with Crippen molar-refractivity contribution < 1.29 is 4.42 Å². The van der Waals surface area contributed by atoms with Crippen molar-refractivity contribution in [3.05, 3.63) is 41.5 Å². The molecule has 0 unspecified atom stereocenters. The van der Waals surface area contributed by atoms with Crippen LogP contribution >= 0.6 is 0 Å². The van der Waals surface area contributed by atoms with Crippen LogP contribution in [-0.4, -0.2) is 14.8 Å². The second-order valence-electron chi connectivity index (χ2n) is 4.65. The zero-order valence-electron chi connectivity index (χ0n) is 11.3. The highest BCUT2D eigenvalue weighted by molar-refractivity contribution is 5.77. The maximum atomic E-state index is 5.46. The molecular weight excluding hydrogens is 240 g/mol. The first kappa shape index (κ1) is 11.8. The Morgan fingerprint density at radius 3 is 2.89 bits per heavy atom. The number of oxazole rings is 1. The van der Waals surface area contributed by atoms with Gasteiger partial charge in [0, 0.05) is 37.5 Å². The van der Waals surface area contributed by atoms with Crippen LogP contribution in [0.1, 0.15) is 17.1 Å². The minimum Gasteiger partial charge on any atom is -0.441 e. The van der Waals surface area contributed by atoms with E-state index in [-0.39, 0.29) is 0 Å². The summed E-state index contributed by atoms with van der Waals surface area (Å²) in [7, 11) is 1.95. The van der Waals surface area contributed by atoms with Crippen molar-refractivity contribution in [3.8, 4) is 0 Å². The van der Waals surface area contributed by atoms with Gasteiger partial charge in [-0.2, -0.15) is 5.10 Å². The SMILES string of the molecule is Cc1nc2cc(NCc3cnn(C)c3C)ccc2o1. The van der Waals surface area contributed by atoms with Gasteiger partial charge >= 0.3 is 0 Å². The lowest BCUT2D eigenvalue weighted by Crippen LogP contribution is -2.01. The van der Waals surface area contributed by atoms with E-state index in [2.05, 4.69) is 22.3 Å². The Morgan fingerprint density at radius 1 is 1.32 bits per heavy atom. The number of anilines is 1. The first-order chi connectivity index (χ1) is 9.13. The molecule has 0 saturated heterocycles. The molecule has 0 bridgehead atoms. The predicted octanol–water partition coefficient (Wildman–Crippen LogP) is 2.79. The largest absolute Gasteiger partial charge is 0.441 e. The first-order valence-electron chi connectivity index (χ1n) is 6.22. The summed E-state index contributed by atoms with van der Waals surface area (Å²) in [6.45, 7) is 4.67. The van der Waals surface area contributed by atoms with E-state index in [1.807, 2.05) is 43.0 Å². The molecule has 3 rings (SSSR count). The second kappa shape index (κ2) is 4.42. The van der Waals surface area contributed by atoms with Crippen LogP contribution in [-0.2, 0) is 13.6 Å². The molecule has 0 aliphatic heterocycles. The molecule has 1 N–H and O–H groups in total. The molecule has 2 aromatic heterocycles. The average molecular weight is 256 g/mol. The van der Waals surface area contributed by atoms with Crippen molar-refractivity contribution in [2.45, 2.75) is 20.4 Å². The topological polar surface area (TPSA) is 55.9 Å². The van der Waals surface area contributed by atoms with Crippen LogP contribution in [0.4, 0.5) is 5.69 Å². The Morgan fingerprint density at radius 2 is 2.16 bits per heavy atom. The van der Waals surface area contributed by atoms with Gasteiger partial charge in [-0.3, -0.25) is 4.68 Å². The third-order valence-electron chi connectivity index (χ3n) is 3.31. The molecule has 5 heteroatoms. The van der Waals surface area contributed by atoms with Gasteiger partial charge in [0.25, 0.3) is 0 Å². The fraction of sp³-hybridized carbons (Fsp3) is 0.286. The van der Waals surface area contributed by atoms with Gasteiger partial charge in [-0.15, -0.1) is 0 Å². The van der Waals surface area contributed by atoms with E-state index in [0.29, 0.717) is 5.89 Å². The van der Waals surface area contributed by atoms with Gasteiger partial charge in [0.15, 0.2) is 11.5 Å². The second-order valence-corrected chi connectivity index (χ2v) is 4.65. The average Bonchev–Trinajstić information content (AvgIpc) is 2.90. The highest BCUT2D eigenvalue weighted by Crippen LogP contribution is 2.20. The van der Waals surface area contributed by atoms with Gasteiger partial charge < -0.3 is 9.73 Å². The van der Waals surface area contributed by atoms with E-state index in [9.17, 15) is 0 Å². The lowest BCUT2D eigenvalue weighted by atomic mass is 10.2. The normalized spacial score (nSPS) is 11.1. The van der Waals surface area contributed by atoms with Crippen LogP contribution in [0.15, 0.2) is 28.8 Å². The van der Waals surface area contributed by atoms with E-state index in [4.69, 9.17) is 4.42 Å². The molecule has 0 fully saturated rings. The van der Waals surface area contributed by atoms with Crippen LogP contribution in [0.5, 0.6) is 0 Å². The Hall–Kier alpha value is -2.30. The van der Waals surface area contributed by atoms with E-state index in [1.165, 1.54) is 11.3 Å². The minimum absolute atomic E-state index is 0.690. The van der Waals surface area contributed by atoms with Gasteiger partial charge in [-0.25, -0.2) is 4.98 Å². The molecule has 0 aliphatic carbocycles. The van der Waals surface area contributed by atoms with E-state index < -0.39 is 0 Å². The minimum atomic E-state index is 0.690. The molecule has 1 aromatic carbocycles. The van der Waals surface area contributed by atoms with Gasteiger partial charge in [0.05, 0.1) is 6.20 Å². The maximum Gasteiger partial charge on any atom is 0.192 e. The summed E-state index contributed by atoms with van der Waals surface area (Å²) >= 11 is 0. The molecule has 0 spiro atoms. The zero-order valence-corrected chi connectivity index (χ0v) is 11.3. The number of fused-ring (bicyclic) bond motifs is 1. The Bertz CT molecular complexity index is 726. The van der Waals surface area contributed by atoms with Crippen LogP contribution in [0.3, 0.4) is 0 Å². The number of aryl methyl sites for hydroxylation is 2. The maximum absolute atomic E-state index is 5.46. The lowest BCUT2D eigenvalue weighted by Gasteiger charge is -2.05. The predicted molar refractivity (Wildman–Crippen MR) is 74.0 cm³/mol. The van der Waals surface area contributed by atoms with Crippen molar-refractivity contribution in [1.29, 1.82) is 0 Å². The number of nitrogens with one attached hydrogen (secondary N) is 1. The van der Waals surface area contributed by atoms with Crippen LogP contribution < -0.4 is 5.32 Å². The van der Waals surface area contributed by atoms with Gasteiger partial charge in [-0.1, -0.05) is 0 Å². The summed E-state index contributed by atoms with van der Waals surface area (Å²) in [6, 6.07) is 5.93. The van der Waals surface area contributed by atoms with Gasteiger partial charge in [0.1, 0.15) is 5.52 Å². The molecule has 19 heavy (non-hydrogen) atoms. The molecule has 0 radical (unpaired) electrons. The Labute approximate surface area is 111 Å². The summed E-state index contributed by atoms with van der Waals surface area (Å²) in [4.78, 5) is 4.33. The molecule has 3 aromatic rings. The van der Waals surface area contributed by atoms with Crippen molar-refractivity contribution in [3.63, 3.8) is 0 Å². The van der Waals surface area contributed by atoms with Gasteiger partial charge in [-0.05, 0) is 25.1 Å². The third kappa shape index (κ3) is 2.19. The van der Waals surface area contributed by atoms with E-state index >= 15 is 0 Å². The highest BCUT2D eigenvalue weighted by Gasteiger charge is 2.05. The highest BCUT2D eigenvalue weighted by atomic mass is 16.3. The Balaban J connectivity index is 1.79. The summed E-state index contributed by atoms with van der Waals surface area (Å²) in [6.07, 6.45) is 1.89. The number of nitrogens with zero attached hydrogens (tertiary/aromatic N) is 3. The van der Waals surface area contributed by atoms with Crippen LogP contribution in [0.2, 0.25) is 0 Å². The van der Waals surface area contributed by atoms with Crippen molar-refractivity contribution >= 4 is 16.8 Å². The number of hydrogen-bond donors (Lipinski definition) is 1. The summed E-state index contributed by atoms with van der Waals surface area (Å²) in [5.41, 5.74) is 5.10. The van der Waals surface area contributed by atoms with Crippen molar-refractivity contribution in [1.82, 2.24) is 14.8 Å². The summed E-state index contributed by atoms with van der Waals surface area (Å²) in [5, 5.41) is 7.61. The molecule has 98 valence electrons. The third-order valence-corrected chi connectivity index (χ3v) is 3.31. The molecule has 2 heterocycles. The fourth-order valence-corrected chi connectivity index (χ4v) is 2.07. The van der Waals surface area contributed by atoms with E-state index in [1.54, 1.807) is 0 Å². The molecule has 5 nitrogen and oxygen atoms in total. The zero-order chi connectivity index (χ0) is 13.4. The molecule has 0 saturated carbocycles. The Kier molecular flexibility index (Phi) is 2.74. The van der Waals surface area contributed by atoms with Gasteiger partial charge in [0.2, 0.25) is 0 Å². The number of rotatable bonds is 3. The van der Waals surface area contributed by atoms with Crippen LogP contribution in [0.25, 0.3) is 11.1 Å². The smallest absolute Gasteiger partial charge is 0.192 e. The summed E-state index contributed by atoms with van der Waals surface area (Å²) in [5.74, 6) is 0.690. The number of aromatic nitrogens is 3. The number of hydrogen-bond acceptors (Lipinski definition) is 4. The van der Waals surface area contributed by atoms with Crippen LogP contribution in [0, 0.1) is 13.8 Å².